The lowest BCUT2D eigenvalue weighted by Crippen LogP contribution is -2.31. The summed E-state index contributed by atoms with van der Waals surface area (Å²) >= 11 is 0. The molecule has 35 heavy (non-hydrogen) atoms. The van der Waals surface area contributed by atoms with Gasteiger partial charge in [0.05, 0.1) is 19.8 Å². The van der Waals surface area contributed by atoms with E-state index in [9.17, 15) is 4.79 Å². The molecule has 200 valence electrons. The molecule has 1 amide bonds. The number of carbonyl (C=O) groups is 1. The van der Waals surface area contributed by atoms with Crippen molar-refractivity contribution >= 4 is 5.91 Å². The lowest BCUT2D eigenvalue weighted by Gasteiger charge is -2.14. The average molecular weight is 491 g/mol. The van der Waals surface area contributed by atoms with Crippen LogP contribution in [0.25, 0.3) is 0 Å². The molecule has 0 saturated carbocycles. The Hall–Kier alpha value is -2.05. The van der Waals surface area contributed by atoms with Crippen molar-refractivity contribution < 1.29 is 19.4 Å². The zero-order valence-electron chi connectivity index (χ0n) is 22.2. The summed E-state index contributed by atoms with van der Waals surface area (Å²) in [6.45, 7) is 2.79. The molecule has 1 unspecified atom stereocenters. The number of allylic oxidation sites excluding steroid dienone is 2. The molecule has 0 heterocycles. The molecule has 0 bridgehead atoms. The number of unbranched alkanes of at least 4 members (excludes halogenated alkanes) is 11. The Kier molecular flexibility index (Phi) is 18.8. The number of carbonyl (C=O) groups excluding carboxylic acids is 1. The van der Waals surface area contributed by atoms with E-state index in [0.717, 1.165) is 18.4 Å². The predicted octanol–water partition coefficient (Wildman–Crippen LogP) is 6.05. The number of hydrogen-bond acceptors (Lipinski definition) is 5. The van der Waals surface area contributed by atoms with E-state index in [1.54, 1.807) is 13.2 Å². The minimum absolute atomic E-state index is 0.0795. The predicted molar refractivity (Wildman–Crippen MR) is 145 cm³/mol. The summed E-state index contributed by atoms with van der Waals surface area (Å²) in [6, 6.07) is 5.11. The van der Waals surface area contributed by atoms with Gasteiger partial charge in [-0.3, -0.25) is 4.79 Å². The second-order valence-corrected chi connectivity index (χ2v) is 9.35. The summed E-state index contributed by atoms with van der Waals surface area (Å²) in [5.41, 5.74) is 6.62. The largest absolute Gasteiger partial charge is 0.493 e. The van der Waals surface area contributed by atoms with Crippen molar-refractivity contribution in [3.05, 3.63) is 35.9 Å². The molecule has 0 aliphatic rings. The van der Waals surface area contributed by atoms with Gasteiger partial charge in [-0.25, -0.2) is 0 Å². The molecular weight excluding hydrogens is 440 g/mol. The summed E-state index contributed by atoms with van der Waals surface area (Å²) in [5.74, 6) is 1.23. The van der Waals surface area contributed by atoms with Crippen LogP contribution in [0.5, 0.6) is 11.5 Å². The number of methoxy groups -OCH3 is 1. The highest BCUT2D eigenvalue weighted by molar-refractivity contribution is 5.75. The van der Waals surface area contributed by atoms with Crippen LogP contribution >= 0.6 is 0 Å². The Morgan fingerprint density at radius 1 is 0.971 bits per heavy atom. The van der Waals surface area contributed by atoms with Gasteiger partial charge in [0.2, 0.25) is 5.91 Å². The minimum atomic E-state index is -0.435. The van der Waals surface area contributed by atoms with E-state index < -0.39 is 6.04 Å². The van der Waals surface area contributed by atoms with Crippen molar-refractivity contribution in [3.8, 4) is 11.5 Å². The number of ether oxygens (including phenoxy) is 2. The Labute approximate surface area is 213 Å². The van der Waals surface area contributed by atoms with Gasteiger partial charge in [-0.15, -0.1) is 0 Å². The van der Waals surface area contributed by atoms with Crippen molar-refractivity contribution in [2.75, 3.05) is 20.3 Å². The number of benzene rings is 1. The lowest BCUT2D eigenvalue weighted by atomic mass is 10.1. The highest BCUT2D eigenvalue weighted by Gasteiger charge is 2.09. The molecule has 0 aliphatic carbocycles. The van der Waals surface area contributed by atoms with E-state index in [-0.39, 0.29) is 19.1 Å². The third kappa shape index (κ3) is 16.3. The standard InChI is InChI=1S/C29H50N2O4/c1-3-4-5-6-7-8-9-10-11-12-13-14-15-16-17-18-29(33)31-22-25-19-20-27(28(21-25)34-2)35-24-26(30)23-32/h10-11,19-21,26,32H,3-9,12-18,22-24,30H2,1-2H3,(H,31,33)/b11-10-. The number of nitrogens with two attached hydrogens (primary N) is 1. The average Bonchev–Trinajstić information content (AvgIpc) is 2.88. The van der Waals surface area contributed by atoms with Crippen LogP contribution in [0.3, 0.4) is 0 Å². The lowest BCUT2D eigenvalue weighted by molar-refractivity contribution is -0.121. The van der Waals surface area contributed by atoms with Crippen molar-refractivity contribution in [1.82, 2.24) is 5.32 Å². The molecular formula is C29H50N2O4. The summed E-state index contributed by atoms with van der Waals surface area (Å²) in [5, 5.41) is 12.0. The molecule has 0 saturated heterocycles. The zero-order valence-corrected chi connectivity index (χ0v) is 22.2. The van der Waals surface area contributed by atoms with Crippen molar-refractivity contribution in [2.24, 2.45) is 5.73 Å². The van der Waals surface area contributed by atoms with Gasteiger partial charge in [0, 0.05) is 13.0 Å². The summed E-state index contributed by atoms with van der Waals surface area (Å²) in [6.07, 6.45) is 21.6. The van der Waals surface area contributed by atoms with Gasteiger partial charge in [0.15, 0.2) is 11.5 Å². The van der Waals surface area contributed by atoms with Crippen LogP contribution in [-0.2, 0) is 11.3 Å². The van der Waals surface area contributed by atoms with E-state index in [0.29, 0.717) is 24.5 Å². The number of nitrogens with one attached hydrogen (secondary N) is 1. The highest BCUT2D eigenvalue weighted by atomic mass is 16.5. The third-order valence-corrected chi connectivity index (χ3v) is 6.07. The van der Waals surface area contributed by atoms with Crippen LogP contribution < -0.4 is 20.5 Å². The first-order chi connectivity index (χ1) is 17.1. The smallest absolute Gasteiger partial charge is 0.220 e. The van der Waals surface area contributed by atoms with Gasteiger partial charge in [0.1, 0.15) is 6.61 Å². The molecule has 0 aromatic heterocycles. The molecule has 0 fully saturated rings. The molecule has 4 N–H and O–H groups in total. The van der Waals surface area contributed by atoms with Gasteiger partial charge < -0.3 is 25.6 Å². The van der Waals surface area contributed by atoms with Crippen molar-refractivity contribution in [3.63, 3.8) is 0 Å². The Morgan fingerprint density at radius 2 is 1.60 bits per heavy atom. The van der Waals surface area contributed by atoms with E-state index in [4.69, 9.17) is 20.3 Å². The molecule has 6 heteroatoms. The van der Waals surface area contributed by atoms with E-state index in [2.05, 4.69) is 24.4 Å². The number of aliphatic hydroxyl groups is 1. The molecule has 1 atom stereocenters. The monoisotopic (exact) mass is 490 g/mol. The Balaban J connectivity index is 2.06. The van der Waals surface area contributed by atoms with Crippen LogP contribution in [0.4, 0.5) is 0 Å². The third-order valence-electron chi connectivity index (χ3n) is 6.07. The summed E-state index contributed by atoms with van der Waals surface area (Å²) < 4.78 is 11.0. The molecule has 0 aliphatic heterocycles. The second kappa shape index (κ2) is 21.3. The number of amides is 1. The van der Waals surface area contributed by atoms with Gasteiger partial charge in [0.25, 0.3) is 0 Å². The van der Waals surface area contributed by atoms with Crippen molar-refractivity contribution in [2.45, 2.75) is 109 Å². The fourth-order valence-electron chi connectivity index (χ4n) is 3.84. The first-order valence-electron chi connectivity index (χ1n) is 13.7. The van der Waals surface area contributed by atoms with Gasteiger partial charge in [-0.2, -0.15) is 0 Å². The van der Waals surface area contributed by atoms with E-state index >= 15 is 0 Å². The number of rotatable bonds is 22. The quantitative estimate of drug-likeness (QED) is 0.136. The normalized spacial score (nSPS) is 12.1. The minimum Gasteiger partial charge on any atom is -0.493 e. The molecule has 0 spiro atoms. The SMILES string of the molecule is CCCCCCCC/C=C\CCCCCCCC(=O)NCc1ccc(OCC(N)CO)c(OC)c1. The summed E-state index contributed by atoms with van der Waals surface area (Å²) in [4.78, 5) is 12.2. The highest BCUT2D eigenvalue weighted by Crippen LogP contribution is 2.28. The molecule has 1 aromatic rings. The number of aliphatic hydroxyl groups excluding tert-OH is 1. The molecule has 1 aromatic carbocycles. The first kappa shape index (κ1) is 31.0. The van der Waals surface area contributed by atoms with Gasteiger partial charge >= 0.3 is 0 Å². The molecule has 6 nitrogen and oxygen atoms in total. The Bertz CT molecular complexity index is 693. The van der Waals surface area contributed by atoms with Crippen molar-refractivity contribution in [1.29, 1.82) is 0 Å². The first-order valence-corrected chi connectivity index (χ1v) is 13.7. The summed E-state index contributed by atoms with van der Waals surface area (Å²) in [7, 11) is 1.57. The zero-order chi connectivity index (χ0) is 25.6. The second-order valence-electron chi connectivity index (χ2n) is 9.35. The van der Waals surface area contributed by atoms with Crippen LogP contribution in [0.2, 0.25) is 0 Å². The molecule has 0 radical (unpaired) electrons. The topological polar surface area (TPSA) is 93.8 Å². The van der Waals surface area contributed by atoms with E-state index in [1.165, 1.54) is 70.6 Å². The Morgan fingerprint density at radius 3 is 2.23 bits per heavy atom. The maximum absolute atomic E-state index is 12.2. The van der Waals surface area contributed by atoms with Gasteiger partial charge in [-0.1, -0.05) is 76.5 Å². The maximum Gasteiger partial charge on any atom is 0.220 e. The molecule has 1 rings (SSSR count). The fourth-order valence-corrected chi connectivity index (χ4v) is 3.84. The van der Waals surface area contributed by atoms with Gasteiger partial charge in [-0.05, 0) is 49.8 Å². The van der Waals surface area contributed by atoms with Crippen LogP contribution in [-0.4, -0.2) is 37.4 Å². The number of hydrogen-bond donors (Lipinski definition) is 3. The van der Waals surface area contributed by atoms with Crippen LogP contribution in [0, 0.1) is 0 Å². The van der Waals surface area contributed by atoms with Crippen LogP contribution in [0.1, 0.15) is 102 Å². The fraction of sp³-hybridized carbons (Fsp3) is 0.690. The van der Waals surface area contributed by atoms with E-state index in [1.807, 2.05) is 12.1 Å². The van der Waals surface area contributed by atoms with Crippen LogP contribution in [0.15, 0.2) is 30.4 Å². The maximum atomic E-state index is 12.2.